The molecule has 2 bridgehead atoms. The summed E-state index contributed by atoms with van der Waals surface area (Å²) in [6, 6.07) is 1.43. The number of nitrogens with zero attached hydrogens (tertiary/aromatic N) is 5. The van der Waals surface area contributed by atoms with Crippen LogP contribution in [0.2, 0.25) is 0 Å². The number of aromatic nitrogens is 3. The fourth-order valence-corrected chi connectivity index (χ4v) is 5.49. The second-order valence-corrected chi connectivity index (χ2v) is 9.49. The van der Waals surface area contributed by atoms with E-state index in [1.165, 1.54) is 12.4 Å². The average Bonchev–Trinajstić information content (AvgIpc) is 3.46. The molecule has 1 saturated carbocycles. The van der Waals surface area contributed by atoms with Crippen LogP contribution in [0.1, 0.15) is 37.9 Å². The molecule has 13 heteroatoms. The Kier molecular flexibility index (Phi) is 5.75. The highest BCUT2D eigenvalue weighted by atomic mass is 19.4. The molecule has 190 valence electrons. The molecule has 0 spiro atoms. The number of likely N-dealkylation sites (tertiary alicyclic amines) is 1. The Balaban J connectivity index is 1.28. The van der Waals surface area contributed by atoms with Crippen LogP contribution in [0, 0.1) is 17.2 Å². The number of fused-ring (bicyclic) bond motifs is 2. The fourth-order valence-electron chi connectivity index (χ4n) is 5.49. The van der Waals surface area contributed by atoms with E-state index in [1.54, 1.807) is 28.9 Å². The van der Waals surface area contributed by atoms with Crippen LogP contribution in [0.5, 0.6) is 0 Å². The monoisotopic (exact) mass is 499 g/mol. The van der Waals surface area contributed by atoms with Gasteiger partial charge in [0.1, 0.15) is 11.5 Å². The number of carbonyl (C=O) groups excluding carboxylic acids is 1. The Hall–Kier alpha value is -3.12. The molecule has 1 amide bonds. The maximum Gasteiger partial charge on any atom is 0.391 e. The smallest absolute Gasteiger partial charge is 0.351 e. The van der Waals surface area contributed by atoms with Gasteiger partial charge in [-0.2, -0.15) is 27.1 Å². The molecule has 2 atom stereocenters. The molecule has 1 aliphatic carbocycles. The zero-order valence-corrected chi connectivity index (χ0v) is 19.0. The molecule has 0 radical (unpaired) electrons. The van der Waals surface area contributed by atoms with E-state index in [2.05, 4.69) is 10.5 Å². The van der Waals surface area contributed by atoms with Crippen molar-refractivity contribution >= 4 is 11.7 Å². The van der Waals surface area contributed by atoms with Gasteiger partial charge in [-0.3, -0.25) is 14.9 Å². The van der Waals surface area contributed by atoms with E-state index in [9.17, 15) is 26.7 Å². The first kappa shape index (κ1) is 23.6. The molecular weight excluding hydrogens is 473 g/mol. The molecule has 4 heterocycles. The van der Waals surface area contributed by atoms with Crippen LogP contribution in [0.3, 0.4) is 0 Å². The van der Waals surface area contributed by atoms with Gasteiger partial charge in [-0.05, 0) is 31.7 Å². The molecule has 0 aromatic carbocycles. The predicted octanol–water partition coefficient (Wildman–Crippen LogP) is 3.51. The molecule has 2 unspecified atom stereocenters. The van der Waals surface area contributed by atoms with E-state index in [4.69, 9.17) is 5.41 Å². The number of amidine groups is 1. The lowest BCUT2D eigenvalue weighted by molar-refractivity contribution is -0.207. The van der Waals surface area contributed by atoms with Gasteiger partial charge < -0.3 is 15.2 Å². The van der Waals surface area contributed by atoms with Crippen LogP contribution in [0.15, 0.2) is 24.7 Å². The van der Waals surface area contributed by atoms with Crippen molar-refractivity contribution in [2.24, 2.45) is 11.8 Å². The normalized spacial score (nSPS) is 26.3. The van der Waals surface area contributed by atoms with E-state index in [-0.39, 0.29) is 36.7 Å². The maximum absolute atomic E-state index is 13.0. The van der Waals surface area contributed by atoms with Gasteiger partial charge in [-0.25, -0.2) is 4.68 Å². The molecule has 3 fully saturated rings. The summed E-state index contributed by atoms with van der Waals surface area (Å²) < 4.78 is 66.5. The standard InChI is InChI=1S/C22H26F5N7O/c1-29-32-8-13(14-7-30-33(9-14)21(23)24)6-18(32)19(28)31-10-16-2-3-17(11-31)34(16)20(35)12-4-15(5-12)22(25,26)27/h6-9,12,15-17,21,28-29H,2-5,10-11H2,1H3. The summed E-state index contributed by atoms with van der Waals surface area (Å²) in [6.45, 7) is -1.91. The first-order valence-corrected chi connectivity index (χ1v) is 11.5. The largest absolute Gasteiger partial charge is 0.391 e. The number of carbonyl (C=O) groups is 1. The van der Waals surface area contributed by atoms with E-state index in [0.717, 1.165) is 12.8 Å². The number of alkyl halides is 5. The summed E-state index contributed by atoms with van der Waals surface area (Å²) in [4.78, 5) is 16.6. The van der Waals surface area contributed by atoms with Crippen molar-refractivity contribution in [1.82, 2.24) is 24.3 Å². The molecule has 2 N–H and O–H groups in total. The molecule has 2 aromatic rings. The van der Waals surface area contributed by atoms with Gasteiger partial charge in [0.05, 0.1) is 12.1 Å². The quantitative estimate of drug-likeness (QED) is 0.375. The number of amides is 1. The number of hydrogen-bond donors (Lipinski definition) is 2. The Labute approximate surface area is 198 Å². The zero-order chi connectivity index (χ0) is 25.1. The number of hydrogen-bond acceptors (Lipinski definition) is 4. The fraction of sp³-hybridized carbons (Fsp3) is 0.591. The van der Waals surface area contributed by atoms with Crippen molar-refractivity contribution in [2.75, 3.05) is 25.6 Å². The van der Waals surface area contributed by atoms with Gasteiger partial charge in [0.2, 0.25) is 5.91 Å². The van der Waals surface area contributed by atoms with Crippen molar-refractivity contribution < 1.29 is 26.7 Å². The number of halogens is 5. The lowest BCUT2D eigenvalue weighted by atomic mass is 9.73. The second kappa shape index (κ2) is 8.52. The van der Waals surface area contributed by atoms with Crippen molar-refractivity contribution in [1.29, 1.82) is 5.41 Å². The third kappa shape index (κ3) is 4.14. The van der Waals surface area contributed by atoms with E-state index < -0.39 is 24.6 Å². The van der Waals surface area contributed by atoms with Gasteiger partial charge in [0, 0.05) is 61.7 Å². The van der Waals surface area contributed by atoms with Crippen molar-refractivity contribution in [3.8, 4) is 11.1 Å². The highest BCUT2D eigenvalue weighted by molar-refractivity contribution is 5.97. The third-order valence-electron chi connectivity index (χ3n) is 7.44. The van der Waals surface area contributed by atoms with Crippen LogP contribution in [0.25, 0.3) is 11.1 Å². The molecule has 2 aromatic heterocycles. The summed E-state index contributed by atoms with van der Waals surface area (Å²) in [5, 5.41) is 12.5. The molecule has 8 nitrogen and oxygen atoms in total. The summed E-state index contributed by atoms with van der Waals surface area (Å²) in [7, 11) is 1.68. The molecular formula is C22H26F5N7O. The van der Waals surface area contributed by atoms with Crippen LogP contribution in [0.4, 0.5) is 22.0 Å². The Morgan fingerprint density at radius 2 is 1.80 bits per heavy atom. The van der Waals surface area contributed by atoms with Crippen molar-refractivity contribution in [2.45, 2.75) is 50.5 Å². The molecule has 2 aliphatic heterocycles. The van der Waals surface area contributed by atoms with Gasteiger partial charge >= 0.3 is 12.7 Å². The SMILES string of the molecule is CNn1cc(-c2cnn(C(F)F)c2)cc1C(=N)N1CC2CCC(C1)N2C(=O)C1CC(C(F)(F)F)C1. The maximum atomic E-state index is 13.0. The second-order valence-electron chi connectivity index (χ2n) is 9.49. The number of rotatable bonds is 5. The summed E-state index contributed by atoms with van der Waals surface area (Å²) in [5.74, 6) is -1.94. The molecule has 35 heavy (non-hydrogen) atoms. The van der Waals surface area contributed by atoms with E-state index in [1.807, 2.05) is 4.90 Å². The van der Waals surface area contributed by atoms with Gasteiger partial charge in [0.15, 0.2) is 0 Å². The Morgan fingerprint density at radius 3 is 2.34 bits per heavy atom. The lowest BCUT2D eigenvalue weighted by Gasteiger charge is -2.45. The van der Waals surface area contributed by atoms with Crippen LogP contribution >= 0.6 is 0 Å². The van der Waals surface area contributed by atoms with Crippen molar-refractivity contribution in [3.05, 3.63) is 30.4 Å². The highest BCUT2D eigenvalue weighted by Gasteiger charge is 2.53. The minimum absolute atomic E-state index is 0.140. The molecule has 3 aliphatic rings. The van der Waals surface area contributed by atoms with Crippen LogP contribution < -0.4 is 5.43 Å². The van der Waals surface area contributed by atoms with Crippen molar-refractivity contribution in [3.63, 3.8) is 0 Å². The van der Waals surface area contributed by atoms with Crippen LogP contribution in [-0.4, -0.2) is 74.4 Å². The number of piperazine rings is 1. The molecule has 5 rings (SSSR count). The number of nitrogens with one attached hydrogen (secondary N) is 2. The minimum Gasteiger partial charge on any atom is -0.351 e. The van der Waals surface area contributed by atoms with Gasteiger partial charge in [-0.15, -0.1) is 0 Å². The first-order valence-electron chi connectivity index (χ1n) is 11.5. The third-order valence-corrected chi connectivity index (χ3v) is 7.44. The van der Waals surface area contributed by atoms with E-state index >= 15 is 0 Å². The summed E-state index contributed by atoms with van der Waals surface area (Å²) >= 11 is 0. The lowest BCUT2D eigenvalue weighted by Crippen LogP contribution is -2.59. The minimum atomic E-state index is -4.25. The summed E-state index contributed by atoms with van der Waals surface area (Å²) in [5.41, 5.74) is 4.60. The summed E-state index contributed by atoms with van der Waals surface area (Å²) in [6.07, 6.45) is 1.24. The molecule has 2 saturated heterocycles. The van der Waals surface area contributed by atoms with E-state index in [0.29, 0.717) is 34.6 Å². The Bertz CT molecular complexity index is 1110. The van der Waals surface area contributed by atoms with Crippen LogP contribution in [-0.2, 0) is 4.79 Å². The van der Waals surface area contributed by atoms with Gasteiger partial charge in [-0.1, -0.05) is 0 Å². The first-order chi connectivity index (χ1) is 16.6. The zero-order valence-electron chi connectivity index (χ0n) is 19.0. The topological polar surface area (TPSA) is 82.2 Å². The Morgan fingerprint density at radius 1 is 1.14 bits per heavy atom. The average molecular weight is 499 g/mol. The highest BCUT2D eigenvalue weighted by Crippen LogP contribution is 2.46. The predicted molar refractivity (Wildman–Crippen MR) is 117 cm³/mol. The van der Waals surface area contributed by atoms with Gasteiger partial charge in [0.25, 0.3) is 0 Å².